The molecule has 0 saturated heterocycles. The Morgan fingerprint density at radius 1 is 1.30 bits per heavy atom. The van der Waals surface area contributed by atoms with E-state index in [-0.39, 0.29) is 4.90 Å². The van der Waals surface area contributed by atoms with E-state index in [4.69, 9.17) is 4.74 Å². The second-order valence-corrected chi connectivity index (χ2v) is 6.55. The van der Waals surface area contributed by atoms with Crippen LogP contribution >= 0.6 is 15.9 Å². The average molecular weight is 357 g/mol. The summed E-state index contributed by atoms with van der Waals surface area (Å²) >= 11 is 3.27. The number of rotatable bonds is 4. The van der Waals surface area contributed by atoms with E-state index >= 15 is 0 Å². The van der Waals surface area contributed by atoms with Crippen LogP contribution in [0.1, 0.15) is 5.56 Å². The smallest absolute Gasteiger partial charge is 0.262 e. The fraction of sp³-hybridized carbons (Fsp3) is 0.154. The van der Waals surface area contributed by atoms with Crippen molar-refractivity contribution in [2.45, 2.75) is 11.8 Å². The number of benzene rings is 1. The highest BCUT2D eigenvalue weighted by molar-refractivity contribution is 9.10. The van der Waals surface area contributed by atoms with Gasteiger partial charge in [0.1, 0.15) is 10.4 Å². The maximum Gasteiger partial charge on any atom is 0.262 e. The molecule has 1 aromatic carbocycles. The SMILES string of the molecule is COc1cccc(S(=O)(=O)Nc2cnc(Br)c(C)c2)c1. The van der Waals surface area contributed by atoms with E-state index in [1.807, 2.05) is 6.92 Å². The summed E-state index contributed by atoms with van der Waals surface area (Å²) in [7, 11) is -2.17. The van der Waals surface area contributed by atoms with Gasteiger partial charge in [0.2, 0.25) is 0 Å². The van der Waals surface area contributed by atoms with Crippen molar-refractivity contribution in [3.8, 4) is 5.75 Å². The van der Waals surface area contributed by atoms with E-state index in [1.54, 1.807) is 18.2 Å². The molecular weight excluding hydrogens is 344 g/mol. The van der Waals surface area contributed by atoms with Crippen LogP contribution in [-0.4, -0.2) is 20.5 Å². The minimum atomic E-state index is -3.66. The lowest BCUT2D eigenvalue weighted by Crippen LogP contribution is -2.13. The van der Waals surface area contributed by atoms with Crippen molar-refractivity contribution in [2.75, 3.05) is 11.8 Å². The number of anilines is 1. The summed E-state index contributed by atoms with van der Waals surface area (Å²) in [6.45, 7) is 1.83. The lowest BCUT2D eigenvalue weighted by atomic mass is 10.3. The molecule has 0 radical (unpaired) electrons. The largest absolute Gasteiger partial charge is 0.497 e. The number of halogens is 1. The molecule has 0 atom stereocenters. The number of aromatic nitrogens is 1. The third-order valence-corrected chi connectivity index (χ3v) is 4.83. The van der Waals surface area contributed by atoms with E-state index in [1.165, 1.54) is 25.4 Å². The standard InChI is InChI=1S/C13H13BrN2O3S/c1-9-6-10(8-15-13(9)14)16-20(17,18)12-5-3-4-11(7-12)19-2/h3-8,16H,1-2H3. The van der Waals surface area contributed by atoms with Gasteiger partial charge in [-0.2, -0.15) is 0 Å². The highest BCUT2D eigenvalue weighted by atomic mass is 79.9. The second-order valence-electron chi connectivity index (χ2n) is 4.12. The quantitative estimate of drug-likeness (QED) is 0.855. The number of aryl methyl sites for hydroxylation is 1. The van der Waals surface area contributed by atoms with Gasteiger partial charge in [-0.05, 0) is 46.6 Å². The average Bonchev–Trinajstić information content (AvgIpc) is 2.43. The normalized spacial score (nSPS) is 11.2. The van der Waals surface area contributed by atoms with Crippen LogP contribution in [0.3, 0.4) is 0 Å². The Labute approximate surface area is 126 Å². The van der Waals surface area contributed by atoms with Gasteiger partial charge in [0.25, 0.3) is 10.0 Å². The van der Waals surface area contributed by atoms with E-state index < -0.39 is 10.0 Å². The molecule has 2 aromatic rings. The van der Waals surface area contributed by atoms with Gasteiger partial charge in [0.05, 0.1) is 23.9 Å². The maximum atomic E-state index is 12.3. The molecular formula is C13H13BrN2O3S. The zero-order valence-corrected chi connectivity index (χ0v) is 13.3. The first-order chi connectivity index (χ1) is 9.42. The minimum absolute atomic E-state index is 0.137. The lowest BCUT2D eigenvalue weighted by molar-refractivity contribution is 0.413. The summed E-state index contributed by atoms with van der Waals surface area (Å²) < 4.78 is 32.7. The Bertz CT molecular complexity index is 732. The zero-order chi connectivity index (χ0) is 14.8. The van der Waals surface area contributed by atoms with Gasteiger partial charge in [-0.25, -0.2) is 13.4 Å². The third kappa shape index (κ3) is 3.29. The molecule has 1 N–H and O–H groups in total. The number of nitrogens with zero attached hydrogens (tertiary/aromatic N) is 1. The topological polar surface area (TPSA) is 68.3 Å². The van der Waals surface area contributed by atoms with Crippen LogP contribution < -0.4 is 9.46 Å². The molecule has 0 unspecified atom stereocenters. The number of methoxy groups -OCH3 is 1. The van der Waals surface area contributed by atoms with Crippen LogP contribution in [0, 0.1) is 6.92 Å². The number of hydrogen-bond acceptors (Lipinski definition) is 4. The molecule has 0 bridgehead atoms. The van der Waals surface area contributed by atoms with Crippen molar-refractivity contribution in [3.05, 3.63) is 46.7 Å². The summed E-state index contributed by atoms with van der Waals surface area (Å²) in [6, 6.07) is 7.98. The monoisotopic (exact) mass is 356 g/mol. The van der Waals surface area contributed by atoms with Gasteiger partial charge in [-0.3, -0.25) is 4.72 Å². The Balaban J connectivity index is 2.32. The number of ether oxygens (including phenoxy) is 1. The van der Waals surface area contributed by atoms with Crippen molar-refractivity contribution in [1.29, 1.82) is 0 Å². The Morgan fingerprint density at radius 3 is 2.70 bits per heavy atom. The van der Waals surface area contributed by atoms with Crippen LogP contribution in [0.2, 0.25) is 0 Å². The van der Waals surface area contributed by atoms with Gasteiger partial charge >= 0.3 is 0 Å². The van der Waals surface area contributed by atoms with Crippen molar-refractivity contribution in [1.82, 2.24) is 4.98 Å². The summed E-state index contributed by atoms with van der Waals surface area (Å²) in [5.74, 6) is 0.484. The molecule has 1 aromatic heterocycles. The molecule has 5 nitrogen and oxygen atoms in total. The lowest BCUT2D eigenvalue weighted by Gasteiger charge is -2.09. The Hall–Kier alpha value is -1.60. The van der Waals surface area contributed by atoms with E-state index in [0.29, 0.717) is 16.0 Å². The van der Waals surface area contributed by atoms with Gasteiger partial charge in [-0.15, -0.1) is 0 Å². The minimum Gasteiger partial charge on any atom is -0.497 e. The molecule has 0 aliphatic carbocycles. The second kappa shape index (κ2) is 5.80. The number of hydrogen-bond donors (Lipinski definition) is 1. The summed E-state index contributed by atoms with van der Waals surface area (Å²) in [6.07, 6.45) is 1.45. The highest BCUT2D eigenvalue weighted by Crippen LogP contribution is 2.22. The first kappa shape index (κ1) is 14.8. The molecule has 0 aliphatic heterocycles. The first-order valence-electron chi connectivity index (χ1n) is 5.71. The van der Waals surface area contributed by atoms with Gasteiger partial charge < -0.3 is 4.74 Å². The van der Waals surface area contributed by atoms with Gasteiger partial charge in [0, 0.05) is 6.07 Å². The molecule has 0 saturated carbocycles. The van der Waals surface area contributed by atoms with Crippen molar-refractivity contribution in [3.63, 3.8) is 0 Å². The summed E-state index contributed by atoms with van der Waals surface area (Å²) in [5.41, 5.74) is 1.25. The van der Waals surface area contributed by atoms with Crippen molar-refractivity contribution < 1.29 is 13.2 Å². The summed E-state index contributed by atoms with van der Waals surface area (Å²) in [5, 5.41) is 0. The van der Waals surface area contributed by atoms with Crippen LogP contribution in [0.25, 0.3) is 0 Å². The van der Waals surface area contributed by atoms with Gasteiger partial charge in [0.15, 0.2) is 0 Å². The number of sulfonamides is 1. The molecule has 106 valence electrons. The maximum absolute atomic E-state index is 12.3. The van der Waals surface area contributed by atoms with Crippen LogP contribution in [0.5, 0.6) is 5.75 Å². The Kier molecular flexibility index (Phi) is 4.29. The third-order valence-electron chi connectivity index (χ3n) is 2.62. The van der Waals surface area contributed by atoms with Crippen molar-refractivity contribution >= 4 is 31.6 Å². The van der Waals surface area contributed by atoms with Crippen LogP contribution in [0.15, 0.2) is 46.0 Å². The molecule has 2 rings (SSSR count). The predicted molar refractivity (Wildman–Crippen MR) is 80.5 cm³/mol. The number of pyridine rings is 1. The zero-order valence-electron chi connectivity index (χ0n) is 10.9. The van der Waals surface area contributed by atoms with E-state index in [2.05, 4.69) is 25.6 Å². The van der Waals surface area contributed by atoms with Crippen LogP contribution in [0.4, 0.5) is 5.69 Å². The highest BCUT2D eigenvalue weighted by Gasteiger charge is 2.15. The molecule has 20 heavy (non-hydrogen) atoms. The Morgan fingerprint density at radius 2 is 2.05 bits per heavy atom. The predicted octanol–water partition coefficient (Wildman–Crippen LogP) is 2.96. The molecule has 0 fully saturated rings. The summed E-state index contributed by atoms with van der Waals surface area (Å²) in [4.78, 5) is 4.19. The molecule has 0 aliphatic rings. The molecule has 0 amide bonds. The van der Waals surface area contributed by atoms with Crippen molar-refractivity contribution in [2.24, 2.45) is 0 Å². The fourth-order valence-electron chi connectivity index (χ4n) is 1.60. The molecule has 0 spiro atoms. The fourth-order valence-corrected chi connectivity index (χ4v) is 2.88. The van der Waals surface area contributed by atoms with E-state index in [0.717, 1.165) is 5.56 Å². The first-order valence-corrected chi connectivity index (χ1v) is 7.99. The molecule has 1 heterocycles. The van der Waals surface area contributed by atoms with E-state index in [9.17, 15) is 8.42 Å². The molecule has 7 heteroatoms. The van der Waals surface area contributed by atoms with Gasteiger partial charge in [-0.1, -0.05) is 6.07 Å². The number of nitrogens with one attached hydrogen (secondary N) is 1. The van der Waals surface area contributed by atoms with Crippen LogP contribution in [-0.2, 0) is 10.0 Å².